The Morgan fingerprint density at radius 3 is 2.79 bits per heavy atom. The van der Waals surface area contributed by atoms with Crippen molar-refractivity contribution in [2.24, 2.45) is 0 Å². The summed E-state index contributed by atoms with van der Waals surface area (Å²) in [6.07, 6.45) is 0. The molecule has 0 spiro atoms. The minimum Gasteiger partial charge on any atom is -0.341 e. The van der Waals surface area contributed by atoms with Crippen LogP contribution in [0.15, 0.2) is 0 Å². The first-order chi connectivity index (χ1) is 6.56. The van der Waals surface area contributed by atoms with E-state index in [-0.39, 0.29) is 10.7 Å². The minimum atomic E-state index is -0.565. The number of urea groups is 1. The van der Waals surface area contributed by atoms with Gasteiger partial charge >= 0.3 is 11.7 Å². The number of anilines is 1. The van der Waals surface area contributed by atoms with Crippen molar-refractivity contribution in [3.63, 3.8) is 0 Å². The fraction of sp³-hybridized carbons (Fsp3) is 0.333. The zero-order valence-corrected chi connectivity index (χ0v) is 8.34. The molecule has 1 heterocycles. The molecule has 1 rings (SSSR count). The third-order valence-electron chi connectivity index (χ3n) is 1.47. The topological polar surface area (TPSA) is 97.2 Å². The van der Waals surface area contributed by atoms with Gasteiger partial charge in [0.05, 0.1) is 4.92 Å². The van der Waals surface area contributed by atoms with Crippen molar-refractivity contribution >= 4 is 28.3 Å². The van der Waals surface area contributed by atoms with E-state index < -0.39 is 11.0 Å². The van der Waals surface area contributed by atoms with Gasteiger partial charge in [-0.1, -0.05) is 0 Å². The molecule has 0 unspecified atom stereocenters. The summed E-state index contributed by atoms with van der Waals surface area (Å²) in [5.41, 5.74) is 0.144. The van der Waals surface area contributed by atoms with Gasteiger partial charge in [-0.25, -0.2) is 4.79 Å². The Labute approximate surface area is 83.4 Å². The second-order valence-corrected chi connectivity index (χ2v) is 3.18. The van der Waals surface area contributed by atoms with Crippen LogP contribution >= 0.6 is 11.5 Å². The van der Waals surface area contributed by atoms with E-state index in [1.54, 1.807) is 0 Å². The lowest BCUT2D eigenvalue weighted by atomic mass is 10.4. The zero-order valence-electron chi connectivity index (χ0n) is 7.53. The highest BCUT2D eigenvalue weighted by atomic mass is 32.1. The number of amides is 2. The third kappa shape index (κ3) is 1.96. The zero-order chi connectivity index (χ0) is 10.7. The van der Waals surface area contributed by atoms with Crippen molar-refractivity contribution in [3.05, 3.63) is 15.8 Å². The van der Waals surface area contributed by atoms with Crippen molar-refractivity contribution in [2.75, 3.05) is 12.4 Å². The molecule has 0 saturated heterocycles. The maximum atomic E-state index is 10.9. The number of carbonyl (C=O) groups is 1. The summed E-state index contributed by atoms with van der Waals surface area (Å²) in [5, 5.41) is 15.3. The van der Waals surface area contributed by atoms with Gasteiger partial charge in [-0.2, -0.15) is 4.37 Å². The molecule has 2 amide bonds. The molecule has 2 N–H and O–H groups in total. The normalized spacial score (nSPS) is 9.57. The molecule has 7 nitrogen and oxygen atoms in total. The molecule has 0 aliphatic carbocycles. The van der Waals surface area contributed by atoms with Crippen LogP contribution in [0.4, 0.5) is 15.5 Å². The Morgan fingerprint density at radius 1 is 1.64 bits per heavy atom. The van der Waals surface area contributed by atoms with Crippen molar-refractivity contribution in [1.82, 2.24) is 9.69 Å². The molecular weight excluding hydrogens is 208 g/mol. The van der Waals surface area contributed by atoms with Crippen LogP contribution in [0.3, 0.4) is 0 Å². The molecule has 1 aromatic heterocycles. The van der Waals surface area contributed by atoms with Crippen molar-refractivity contribution in [1.29, 1.82) is 0 Å². The first-order valence-electron chi connectivity index (χ1n) is 3.65. The number of carbonyl (C=O) groups excluding carboxylic acids is 1. The number of nitro groups is 1. The van der Waals surface area contributed by atoms with Gasteiger partial charge < -0.3 is 5.32 Å². The van der Waals surface area contributed by atoms with Crippen molar-refractivity contribution in [3.8, 4) is 0 Å². The number of aromatic nitrogens is 1. The van der Waals surface area contributed by atoms with Crippen LogP contribution in [-0.2, 0) is 0 Å². The number of hydrogen-bond acceptors (Lipinski definition) is 5. The summed E-state index contributed by atoms with van der Waals surface area (Å²) in [6, 6.07) is -0.503. The van der Waals surface area contributed by atoms with Crippen molar-refractivity contribution in [2.45, 2.75) is 6.92 Å². The Bertz CT molecular complexity index is 375. The van der Waals surface area contributed by atoms with Gasteiger partial charge in [-0.3, -0.25) is 15.4 Å². The molecule has 76 valence electrons. The van der Waals surface area contributed by atoms with Crippen molar-refractivity contribution < 1.29 is 9.72 Å². The van der Waals surface area contributed by atoms with E-state index >= 15 is 0 Å². The highest BCUT2D eigenvalue weighted by Crippen LogP contribution is 2.31. The third-order valence-corrected chi connectivity index (χ3v) is 2.31. The van der Waals surface area contributed by atoms with Gasteiger partial charge in [0.1, 0.15) is 5.69 Å². The molecule has 0 aromatic carbocycles. The predicted octanol–water partition coefficient (Wildman–Crippen LogP) is 1.11. The molecule has 0 aliphatic heterocycles. The second kappa shape index (κ2) is 4.01. The highest BCUT2D eigenvalue weighted by molar-refractivity contribution is 7.11. The van der Waals surface area contributed by atoms with E-state index in [9.17, 15) is 14.9 Å². The standard InChI is InChI=1S/C6H8N4O3S/c1-3-4(10(12)13)5(14-9-3)8-6(11)7-2/h1-2H3,(H2,7,8,11). The molecule has 0 aliphatic rings. The Balaban J connectivity index is 2.98. The number of nitrogens with one attached hydrogen (secondary N) is 2. The monoisotopic (exact) mass is 216 g/mol. The van der Waals surface area contributed by atoms with Gasteiger partial charge in [-0.15, -0.1) is 0 Å². The SMILES string of the molecule is CNC(=O)Nc1snc(C)c1[N+](=O)[O-]. The van der Waals surface area contributed by atoms with Crippen LogP contribution in [0, 0.1) is 17.0 Å². The number of rotatable bonds is 2. The fourth-order valence-electron chi connectivity index (χ4n) is 0.828. The molecule has 0 atom stereocenters. The number of nitrogens with zero attached hydrogens (tertiary/aromatic N) is 2. The fourth-order valence-corrected chi connectivity index (χ4v) is 1.59. The Morgan fingerprint density at radius 2 is 2.29 bits per heavy atom. The number of hydrogen-bond donors (Lipinski definition) is 2. The first kappa shape index (κ1) is 10.4. The predicted molar refractivity (Wildman–Crippen MR) is 51.6 cm³/mol. The van der Waals surface area contributed by atoms with E-state index in [1.807, 2.05) is 0 Å². The Hall–Kier alpha value is -1.70. The van der Waals surface area contributed by atoms with Gasteiger partial charge in [0.2, 0.25) is 0 Å². The largest absolute Gasteiger partial charge is 0.341 e. The molecule has 8 heteroatoms. The highest BCUT2D eigenvalue weighted by Gasteiger charge is 2.22. The maximum absolute atomic E-state index is 10.9. The quantitative estimate of drug-likeness (QED) is 0.571. The second-order valence-electron chi connectivity index (χ2n) is 2.41. The molecule has 0 bridgehead atoms. The lowest BCUT2D eigenvalue weighted by molar-refractivity contribution is -0.384. The summed E-state index contributed by atoms with van der Waals surface area (Å²) < 4.78 is 3.78. The number of aryl methyl sites for hydroxylation is 1. The molecular formula is C6H8N4O3S. The van der Waals surface area contributed by atoms with E-state index in [2.05, 4.69) is 15.0 Å². The van der Waals surface area contributed by atoms with Crippen LogP contribution in [0.2, 0.25) is 0 Å². The molecule has 14 heavy (non-hydrogen) atoms. The van der Waals surface area contributed by atoms with E-state index in [1.165, 1.54) is 14.0 Å². The van der Waals surface area contributed by atoms with Crippen LogP contribution in [0.1, 0.15) is 5.69 Å². The summed E-state index contributed by atoms with van der Waals surface area (Å²) in [4.78, 5) is 20.9. The van der Waals surface area contributed by atoms with E-state index in [4.69, 9.17) is 0 Å². The summed E-state index contributed by atoms with van der Waals surface area (Å²) in [5.74, 6) is 0. The molecule has 0 radical (unpaired) electrons. The van der Waals surface area contributed by atoms with Crippen LogP contribution < -0.4 is 10.6 Å². The lowest BCUT2D eigenvalue weighted by Gasteiger charge is -1.99. The minimum absolute atomic E-state index is 0.145. The average molecular weight is 216 g/mol. The van der Waals surface area contributed by atoms with E-state index in [0.29, 0.717) is 5.69 Å². The maximum Gasteiger partial charge on any atom is 0.326 e. The summed E-state index contributed by atoms with van der Waals surface area (Å²) in [7, 11) is 1.43. The van der Waals surface area contributed by atoms with Gasteiger partial charge in [0.15, 0.2) is 5.00 Å². The summed E-state index contributed by atoms with van der Waals surface area (Å²) in [6.45, 7) is 1.52. The molecule has 0 fully saturated rings. The van der Waals surface area contributed by atoms with Crippen LogP contribution in [0.25, 0.3) is 0 Å². The lowest BCUT2D eigenvalue weighted by Crippen LogP contribution is -2.24. The van der Waals surface area contributed by atoms with Gasteiger partial charge in [0.25, 0.3) is 0 Å². The smallest absolute Gasteiger partial charge is 0.326 e. The van der Waals surface area contributed by atoms with Gasteiger partial charge in [-0.05, 0) is 18.5 Å². The Kier molecular flexibility index (Phi) is 2.97. The van der Waals surface area contributed by atoms with Gasteiger partial charge in [0, 0.05) is 7.05 Å². The van der Waals surface area contributed by atoms with Crippen LogP contribution in [-0.4, -0.2) is 22.4 Å². The molecule has 1 aromatic rings. The first-order valence-corrected chi connectivity index (χ1v) is 4.43. The molecule has 0 saturated carbocycles. The van der Waals surface area contributed by atoms with Crippen LogP contribution in [0.5, 0.6) is 0 Å². The average Bonchev–Trinajstić information content (AvgIpc) is 2.46. The summed E-state index contributed by atoms with van der Waals surface area (Å²) >= 11 is 0.885. The van der Waals surface area contributed by atoms with E-state index in [0.717, 1.165) is 11.5 Å².